The van der Waals surface area contributed by atoms with E-state index in [1.807, 2.05) is 7.05 Å². The van der Waals surface area contributed by atoms with E-state index in [0.29, 0.717) is 38.2 Å². The quantitative estimate of drug-likeness (QED) is 0.827. The molecule has 1 fully saturated rings. The van der Waals surface area contributed by atoms with Crippen molar-refractivity contribution in [3.05, 3.63) is 59.5 Å². The summed E-state index contributed by atoms with van der Waals surface area (Å²) in [7, 11) is 1.86. The zero-order valence-electron chi connectivity index (χ0n) is 15.5. The maximum Gasteiger partial charge on any atom is 0.289 e. The summed E-state index contributed by atoms with van der Waals surface area (Å²) in [5, 5.41) is 0. The average molecular weight is 354 g/mol. The molecule has 0 aliphatic carbocycles. The second-order valence-corrected chi connectivity index (χ2v) is 6.91. The summed E-state index contributed by atoms with van der Waals surface area (Å²) in [4.78, 5) is 28.6. The van der Waals surface area contributed by atoms with Crippen LogP contribution in [0.15, 0.2) is 47.1 Å². The van der Waals surface area contributed by atoms with Crippen molar-refractivity contribution in [2.45, 2.75) is 32.7 Å². The number of hydrogen-bond acceptors (Lipinski definition) is 3. The Morgan fingerprint density at radius 3 is 2.35 bits per heavy atom. The molecule has 5 nitrogen and oxygen atoms in total. The van der Waals surface area contributed by atoms with Crippen molar-refractivity contribution in [3.8, 4) is 0 Å². The first kappa shape index (κ1) is 18.2. The minimum Gasteiger partial charge on any atom is -0.459 e. The largest absolute Gasteiger partial charge is 0.459 e. The van der Waals surface area contributed by atoms with Crippen molar-refractivity contribution in [2.24, 2.45) is 5.92 Å². The van der Waals surface area contributed by atoms with Crippen molar-refractivity contribution >= 4 is 11.8 Å². The van der Waals surface area contributed by atoms with Crippen LogP contribution in [0.25, 0.3) is 0 Å². The molecule has 2 amide bonds. The Morgan fingerprint density at radius 2 is 1.77 bits per heavy atom. The lowest BCUT2D eigenvalue weighted by Crippen LogP contribution is -2.43. The molecule has 2 heterocycles. The van der Waals surface area contributed by atoms with Crippen LogP contribution in [0.5, 0.6) is 0 Å². The van der Waals surface area contributed by atoms with Crippen LogP contribution in [0.2, 0.25) is 0 Å². The van der Waals surface area contributed by atoms with E-state index < -0.39 is 0 Å². The summed E-state index contributed by atoms with van der Waals surface area (Å²) in [5.74, 6) is 0.415. The lowest BCUT2D eigenvalue weighted by molar-refractivity contribution is -0.136. The fourth-order valence-corrected chi connectivity index (χ4v) is 3.43. The Bertz CT molecular complexity index is 729. The summed E-state index contributed by atoms with van der Waals surface area (Å²) in [5.41, 5.74) is 2.44. The van der Waals surface area contributed by atoms with Crippen molar-refractivity contribution in [1.82, 2.24) is 9.80 Å². The van der Waals surface area contributed by atoms with Crippen LogP contribution in [0.4, 0.5) is 0 Å². The molecular weight excluding hydrogens is 328 g/mol. The lowest BCUT2D eigenvalue weighted by Gasteiger charge is -2.32. The molecule has 0 bridgehead atoms. The van der Waals surface area contributed by atoms with Gasteiger partial charge in [0, 0.05) is 32.6 Å². The minimum absolute atomic E-state index is 0.0180. The van der Waals surface area contributed by atoms with Gasteiger partial charge in [-0.2, -0.15) is 0 Å². The van der Waals surface area contributed by atoms with Gasteiger partial charge < -0.3 is 14.2 Å². The molecule has 1 aromatic carbocycles. The number of likely N-dealkylation sites (tertiary alicyclic amines) is 1. The number of carbonyl (C=O) groups is 2. The second kappa shape index (κ2) is 8.21. The van der Waals surface area contributed by atoms with Crippen LogP contribution in [0, 0.1) is 5.92 Å². The van der Waals surface area contributed by atoms with Crippen LogP contribution in [0.3, 0.4) is 0 Å². The fraction of sp³-hybridized carbons (Fsp3) is 0.429. The van der Waals surface area contributed by atoms with E-state index in [2.05, 4.69) is 31.2 Å². The molecule has 0 N–H and O–H groups in total. The minimum atomic E-state index is -0.0923. The summed E-state index contributed by atoms with van der Waals surface area (Å²) in [6, 6.07) is 11.8. The fourth-order valence-electron chi connectivity index (χ4n) is 3.43. The molecule has 26 heavy (non-hydrogen) atoms. The highest BCUT2D eigenvalue weighted by Gasteiger charge is 2.30. The Morgan fingerprint density at radius 1 is 1.12 bits per heavy atom. The zero-order valence-corrected chi connectivity index (χ0v) is 15.5. The Hall–Kier alpha value is -2.56. The molecule has 5 heteroatoms. The third-order valence-corrected chi connectivity index (χ3v) is 5.09. The first-order chi connectivity index (χ1) is 12.6. The van der Waals surface area contributed by atoms with E-state index in [1.54, 1.807) is 21.9 Å². The summed E-state index contributed by atoms with van der Waals surface area (Å²) < 4.78 is 5.18. The monoisotopic (exact) mass is 354 g/mol. The topological polar surface area (TPSA) is 53.8 Å². The highest BCUT2D eigenvalue weighted by molar-refractivity contribution is 5.91. The average Bonchev–Trinajstić information content (AvgIpc) is 3.22. The van der Waals surface area contributed by atoms with Gasteiger partial charge in [-0.3, -0.25) is 9.59 Å². The normalized spacial score (nSPS) is 15.1. The highest BCUT2D eigenvalue weighted by Crippen LogP contribution is 2.22. The van der Waals surface area contributed by atoms with Crippen molar-refractivity contribution in [3.63, 3.8) is 0 Å². The van der Waals surface area contributed by atoms with Gasteiger partial charge >= 0.3 is 0 Å². The van der Waals surface area contributed by atoms with Gasteiger partial charge in [0.2, 0.25) is 5.91 Å². The smallest absolute Gasteiger partial charge is 0.289 e. The van der Waals surface area contributed by atoms with Crippen LogP contribution in [-0.2, 0) is 17.8 Å². The van der Waals surface area contributed by atoms with Crippen LogP contribution in [0.1, 0.15) is 41.4 Å². The summed E-state index contributed by atoms with van der Waals surface area (Å²) in [6.45, 7) is 3.94. The molecule has 2 aromatic rings. The molecule has 0 radical (unpaired) electrons. The number of carbonyl (C=O) groups excluding carboxylic acids is 2. The second-order valence-electron chi connectivity index (χ2n) is 6.91. The third kappa shape index (κ3) is 4.15. The van der Waals surface area contributed by atoms with Gasteiger partial charge in [-0.1, -0.05) is 31.2 Å². The van der Waals surface area contributed by atoms with Gasteiger partial charge in [-0.15, -0.1) is 0 Å². The number of benzene rings is 1. The van der Waals surface area contributed by atoms with E-state index in [9.17, 15) is 9.59 Å². The van der Waals surface area contributed by atoms with E-state index in [1.165, 1.54) is 11.8 Å². The van der Waals surface area contributed by atoms with Crippen LogP contribution >= 0.6 is 0 Å². The number of furan rings is 1. The number of aryl methyl sites for hydroxylation is 1. The van der Waals surface area contributed by atoms with E-state index in [0.717, 1.165) is 12.0 Å². The summed E-state index contributed by atoms with van der Waals surface area (Å²) in [6.07, 6.45) is 3.92. The van der Waals surface area contributed by atoms with E-state index >= 15 is 0 Å². The molecule has 0 unspecified atom stereocenters. The molecular formula is C21H26N2O3. The predicted molar refractivity (Wildman–Crippen MR) is 99.6 cm³/mol. The van der Waals surface area contributed by atoms with Gasteiger partial charge in [-0.25, -0.2) is 0 Å². The first-order valence-electron chi connectivity index (χ1n) is 9.24. The molecule has 1 aromatic heterocycles. The number of piperidine rings is 1. The maximum atomic E-state index is 12.7. The molecule has 1 aliphatic rings. The molecule has 1 aliphatic heterocycles. The Kier molecular flexibility index (Phi) is 5.76. The summed E-state index contributed by atoms with van der Waals surface area (Å²) >= 11 is 0. The van der Waals surface area contributed by atoms with Gasteiger partial charge in [0.1, 0.15) is 0 Å². The van der Waals surface area contributed by atoms with Gasteiger partial charge in [0.15, 0.2) is 5.76 Å². The van der Waals surface area contributed by atoms with Gasteiger partial charge in [0.05, 0.1) is 6.26 Å². The van der Waals surface area contributed by atoms with Crippen LogP contribution < -0.4 is 0 Å². The zero-order chi connectivity index (χ0) is 18.5. The number of rotatable bonds is 5. The standard InChI is InChI=1S/C21H26N2O3/c1-3-16-6-8-17(9-7-16)15-22(2)20(24)18-10-12-23(13-11-18)21(25)19-5-4-14-26-19/h4-9,14,18H,3,10-13,15H2,1-2H3. The number of hydrogen-bond donors (Lipinski definition) is 0. The molecule has 138 valence electrons. The van der Waals surface area contributed by atoms with Crippen molar-refractivity contribution in [1.29, 1.82) is 0 Å². The molecule has 0 saturated carbocycles. The van der Waals surface area contributed by atoms with E-state index in [4.69, 9.17) is 4.42 Å². The van der Waals surface area contributed by atoms with E-state index in [-0.39, 0.29) is 17.7 Å². The van der Waals surface area contributed by atoms with Crippen molar-refractivity contribution < 1.29 is 14.0 Å². The van der Waals surface area contributed by atoms with Gasteiger partial charge in [-0.05, 0) is 42.5 Å². The first-order valence-corrected chi connectivity index (χ1v) is 9.24. The third-order valence-electron chi connectivity index (χ3n) is 5.09. The lowest BCUT2D eigenvalue weighted by atomic mass is 9.95. The van der Waals surface area contributed by atoms with Gasteiger partial charge in [0.25, 0.3) is 5.91 Å². The number of amides is 2. The number of nitrogens with zero attached hydrogens (tertiary/aromatic N) is 2. The molecule has 1 saturated heterocycles. The molecule has 0 atom stereocenters. The van der Waals surface area contributed by atoms with Crippen molar-refractivity contribution in [2.75, 3.05) is 20.1 Å². The molecule has 3 rings (SSSR count). The maximum absolute atomic E-state index is 12.7. The van der Waals surface area contributed by atoms with Crippen LogP contribution in [-0.4, -0.2) is 41.8 Å². The highest BCUT2D eigenvalue weighted by atomic mass is 16.3. The Labute approximate surface area is 154 Å². The predicted octanol–water partition coefficient (Wildman–Crippen LogP) is 3.35. The molecule has 0 spiro atoms. The Balaban J connectivity index is 1.51. The SMILES string of the molecule is CCc1ccc(CN(C)C(=O)C2CCN(C(=O)c3ccco3)CC2)cc1.